The predicted molar refractivity (Wildman–Crippen MR) is 78.0 cm³/mol. The van der Waals surface area contributed by atoms with Gasteiger partial charge >= 0.3 is 6.01 Å². The molecule has 1 aliphatic heterocycles. The average molecular weight is 344 g/mol. The Morgan fingerprint density at radius 2 is 2.05 bits per heavy atom. The third-order valence-corrected chi connectivity index (χ3v) is 5.21. The molecule has 0 aliphatic carbocycles. The molecule has 8 nitrogen and oxygen atoms in total. The van der Waals surface area contributed by atoms with E-state index >= 15 is 0 Å². The Balaban J connectivity index is 1.68. The third kappa shape index (κ3) is 3.06. The van der Waals surface area contributed by atoms with E-state index in [0.29, 0.717) is 18.0 Å². The summed E-state index contributed by atoms with van der Waals surface area (Å²) < 4.78 is 33.4. The van der Waals surface area contributed by atoms with Crippen LogP contribution < -0.4 is 4.74 Å². The van der Waals surface area contributed by atoms with Crippen LogP contribution in [-0.2, 0) is 17.1 Å². The Morgan fingerprint density at radius 1 is 1.32 bits per heavy atom. The van der Waals surface area contributed by atoms with Gasteiger partial charge in [-0.1, -0.05) is 11.6 Å². The average Bonchev–Trinajstić information content (AvgIpc) is 3.11. The van der Waals surface area contributed by atoms with Crippen molar-refractivity contribution < 1.29 is 13.2 Å². The molecule has 1 fully saturated rings. The molecule has 0 spiro atoms. The Hall–Kier alpha value is -1.71. The summed E-state index contributed by atoms with van der Waals surface area (Å²) in [7, 11) is -1.87. The van der Waals surface area contributed by atoms with Crippen LogP contribution in [0, 0.1) is 0 Å². The van der Waals surface area contributed by atoms with Gasteiger partial charge in [0, 0.05) is 19.8 Å². The molecule has 1 unspecified atom stereocenters. The summed E-state index contributed by atoms with van der Waals surface area (Å²) >= 11 is 5.70. The van der Waals surface area contributed by atoms with Gasteiger partial charge in [0.2, 0.25) is 0 Å². The van der Waals surface area contributed by atoms with Gasteiger partial charge in [0.25, 0.3) is 10.0 Å². The zero-order valence-electron chi connectivity index (χ0n) is 11.8. The normalized spacial score (nSPS) is 19.5. The van der Waals surface area contributed by atoms with E-state index in [0.717, 1.165) is 0 Å². The molecule has 10 heteroatoms. The summed E-state index contributed by atoms with van der Waals surface area (Å²) in [6.45, 7) is 0.613. The minimum Gasteiger partial charge on any atom is -0.459 e. The molecule has 1 aliphatic rings. The number of hydrogen-bond acceptors (Lipinski definition) is 6. The summed E-state index contributed by atoms with van der Waals surface area (Å²) in [5, 5.41) is 0.455. The number of nitrogens with zero attached hydrogens (tertiary/aromatic N) is 5. The number of halogens is 1. The van der Waals surface area contributed by atoms with Crippen LogP contribution in [0.25, 0.3) is 0 Å². The lowest BCUT2D eigenvalue weighted by Crippen LogP contribution is -2.31. The highest BCUT2D eigenvalue weighted by Crippen LogP contribution is 2.22. The van der Waals surface area contributed by atoms with Crippen LogP contribution in [0.4, 0.5) is 0 Å². The third-order valence-electron chi connectivity index (χ3n) is 3.26. The molecule has 118 valence electrons. The minimum absolute atomic E-state index is 0.0402. The van der Waals surface area contributed by atoms with Crippen molar-refractivity contribution in [2.24, 2.45) is 7.05 Å². The van der Waals surface area contributed by atoms with Gasteiger partial charge in [-0.15, -0.1) is 0 Å². The van der Waals surface area contributed by atoms with Gasteiger partial charge in [-0.25, -0.2) is 23.4 Å². The van der Waals surface area contributed by atoms with Gasteiger partial charge in [-0.05, 0) is 6.42 Å². The first-order valence-corrected chi connectivity index (χ1v) is 8.39. The molecule has 0 bridgehead atoms. The summed E-state index contributed by atoms with van der Waals surface area (Å²) in [5.41, 5.74) is 0. The van der Waals surface area contributed by atoms with Crippen LogP contribution in [0.2, 0.25) is 5.02 Å². The van der Waals surface area contributed by atoms with Crippen LogP contribution in [0.3, 0.4) is 0 Å². The van der Waals surface area contributed by atoms with Gasteiger partial charge < -0.3 is 9.30 Å². The fourth-order valence-electron chi connectivity index (χ4n) is 2.18. The summed E-state index contributed by atoms with van der Waals surface area (Å²) in [6.07, 6.45) is 6.07. The highest BCUT2D eigenvalue weighted by Gasteiger charge is 2.35. The topological polar surface area (TPSA) is 90.2 Å². The molecule has 1 saturated heterocycles. The number of aromatic nitrogens is 4. The number of rotatable bonds is 4. The number of ether oxygens (including phenoxy) is 1. The van der Waals surface area contributed by atoms with Gasteiger partial charge in [0.1, 0.15) is 6.10 Å². The Morgan fingerprint density at radius 3 is 2.68 bits per heavy atom. The van der Waals surface area contributed by atoms with Crippen LogP contribution >= 0.6 is 11.6 Å². The molecule has 2 aromatic rings. The SMILES string of the molecule is Cn1cnc(S(=O)(=O)N2CCC(Oc3ncc(Cl)cn3)C2)c1. The molecular formula is C12H14ClN5O3S. The second-order valence-corrected chi connectivity index (χ2v) is 7.27. The van der Waals surface area contributed by atoms with E-state index in [2.05, 4.69) is 15.0 Å². The Labute approximate surface area is 132 Å². The number of hydrogen-bond donors (Lipinski definition) is 0. The van der Waals surface area contributed by atoms with Crippen molar-refractivity contribution in [3.63, 3.8) is 0 Å². The van der Waals surface area contributed by atoms with Gasteiger partial charge in [-0.2, -0.15) is 4.31 Å². The van der Waals surface area contributed by atoms with Gasteiger partial charge in [-0.3, -0.25) is 0 Å². The first kappa shape index (κ1) is 15.2. The molecule has 0 aromatic carbocycles. The van der Waals surface area contributed by atoms with E-state index in [1.165, 1.54) is 29.2 Å². The predicted octanol–water partition coefficient (Wildman–Crippen LogP) is 0.705. The molecule has 22 heavy (non-hydrogen) atoms. The molecule has 0 amide bonds. The first-order chi connectivity index (χ1) is 10.4. The second-order valence-electron chi connectivity index (χ2n) is 4.95. The largest absolute Gasteiger partial charge is 0.459 e. The van der Waals surface area contributed by atoms with Crippen LogP contribution in [0.1, 0.15) is 6.42 Å². The van der Waals surface area contributed by atoms with Crippen LogP contribution in [0.5, 0.6) is 6.01 Å². The van der Waals surface area contributed by atoms with E-state index in [1.54, 1.807) is 11.6 Å². The fourth-order valence-corrected chi connectivity index (χ4v) is 3.73. The standard InChI is InChI=1S/C12H14ClN5O3S/c1-17-7-11(16-8-17)22(19,20)18-3-2-10(6-18)21-12-14-4-9(13)5-15-12/h4-5,7-8,10H,2-3,6H2,1H3. The maximum Gasteiger partial charge on any atom is 0.316 e. The van der Waals surface area contributed by atoms with Crippen molar-refractivity contribution in [1.82, 2.24) is 23.8 Å². The maximum absolute atomic E-state index is 12.4. The van der Waals surface area contributed by atoms with Crippen LogP contribution in [-0.4, -0.2) is 51.4 Å². The quantitative estimate of drug-likeness (QED) is 0.812. The van der Waals surface area contributed by atoms with Crippen LogP contribution in [0.15, 0.2) is 29.9 Å². The van der Waals surface area contributed by atoms with Crippen molar-refractivity contribution in [3.8, 4) is 6.01 Å². The lowest BCUT2D eigenvalue weighted by molar-refractivity contribution is 0.197. The number of imidazole rings is 1. The molecule has 3 heterocycles. The molecule has 3 rings (SSSR count). The van der Waals surface area contributed by atoms with E-state index in [4.69, 9.17) is 16.3 Å². The van der Waals surface area contributed by atoms with Gasteiger partial charge in [0.05, 0.1) is 30.3 Å². The molecular weight excluding hydrogens is 330 g/mol. The maximum atomic E-state index is 12.4. The van der Waals surface area contributed by atoms with E-state index in [1.807, 2.05) is 0 Å². The van der Waals surface area contributed by atoms with Crippen molar-refractivity contribution in [2.75, 3.05) is 13.1 Å². The zero-order valence-corrected chi connectivity index (χ0v) is 13.3. The number of sulfonamides is 1. The van der Waals surface area contributed by atoms with Gasteiger partial charge in [0.15, 0.2) is 5.03 Å². The minimum atomic E-state index is -3.59. The van der Waals surface area contributed by atoms with Crippen molar-refractivity contribution >= 4 is 21.6 Å². The highest BCUT2D eigenvalue weighted by molar-refractivity contribution is 7.89. The molecule has 0 radical (unpaired) electrons. The summed E-state index contributed by atoms with van der Waals surface area (Å²) in [4.78, 5) is 11.8. The Bertz CT molecular complexity index is 761. The first-order valence-electron chi connectivity index (χ1n) is 6.57. The van der Waals surface area contributed by atoms with E-state index < -0.39 is 10.0 Å². The lowest BCUT2D eigenvalue weighted by Gasteiger charge is -2.15. The van der Waals surface area contributed by atoms with E-state index in [-0.39, 0.29) is 23.7 Å². The second kappa shape index (κ2) is 5.82. The molecule has 0 saturated carbocycles. The fraction of sp³-hybridized carbons (Fsp3) is 0.417. The molecule has 0 N–H and O–H groups in total. The summed E-state index contributed by atoms with van der Waals surface area (Å²) in [6, 6.07) is 0.187. The smallest absolute Gasteiger partial charge is 0.316 e. The Kier molecular flexibility index (Phi) is 4.02. The number of aryl methyl sites for hydroxylation is 1. The lowest BCUT2D eigenvalue weighted by atomic mass is 10.3. The van der Waals surface area contributed by atoms with Crippen molar-refractivity contribution in [1.29, 1.82) is 0 Å². The van der Waals surface area contributed by atoms with E-state index in [9.17, 15) is 8.42 Å². The zero-order chi connectivity index (χ0) is 15.7. The molecule has 2 aromatic heterocycles. The van der Waals surface area contributed by atoms with Crippen molar-refractivity contribution in [3.05, 3.63) is 29.9 Å². The summed E-state index contributed by atoms with van der Waals surface area (Å²) in [5.74, 6) is 0. The highest BCUT2D eigenvalue weighted by atomic mass is 35.5. The monoisotopic (exact) mass is 343 g/mol. The molecule has 1 atom stereocenters. The van der Waals surface area contributed by atoms with Crippen molar-refractivity contribution in [2.45, 2.75) is 17.6 Å².